The zero-order valence-electron chi connectivity index (χ0n) is 7.74. The standard InChI is InChI=1S/C6H13NO6.Na/c7-6(13)5(12)4(11)3(10)2(9)1-8;/h2-5,8-12H,1H2,(H2,7,13);/t2-,3-,4+,5-;/m1./s1. The molecule has 0 saturated carbocycles. The average molecular weight is 218 g/mol. The summed E-state index contributed by atoms with van der Waals surface area (Å²) in [5, 5.41) is 44.0. The maximum Gasteiger partial charge on any atom is 0.249 e. The second-order valence-corrected chi connectivity index (χ2v) is 2.58. The molecule has 0 unspecified atom stereocenters. The van der Waals surface area contributed by atoms with Gasteiger partial charge in [-0.1, -0.05) is 0 Å². The van der Waals surface area contributed by atoms with E-state index >= 15 is 0 Å². The molecule has 0 aromatic heterocycles. The molecule has 0 spiro atoms. The summed E-state index contributed by atoms with van der Waals surface area (Å²) in [5.41, 5.74) is 4.61. The van der Waals surface area contributed by atoms with E-state index in [2.05, 4.69) is 5.73 Å². The van der Waals surface area contributed by atoms with Gasteiger partial charge in [-0.05, 0) is 0 Å². The van der Waals surface area contributed by atoms with Crippen molar-refractivity contribution in [2.75, 3.05) is 6.61 Å². The van der Waals surface area contributed by atoms with E-state index in [-0.39, 0.29) is 29.6 Å². The fourth-order valence-corrected chi connectivity index (χ4v) is 0.691. The minimum atomic E-state index is -1.98. The number of carbonyl (C=O) groups excluding carboxylic acids is 1. The predicted octanol–water partition coefficient (Wildman–Crippen LogP) is -4.47. The number of nitrogens with two attached hydrogens (primary N) is 1. The van der Waals surface area contributed by atoms with Crippen molar-refractivity contribution in [1.29, 1.82) is 0 Å². The second-order valence-electron chi connectivity index (χ2n) is 2.58. The van der Waals surface area contributed by atoms with Crippen LogP contribution in [0.1, 0.15) is 0 Å². The Hall–Kier alpha value is 0.270. The van der Waals surface area contributed by atoms with Crippen LogP contribution in [-0.4, -0.2) is 92.0 Å². The molecule has 0 aliphatic carbocycles. The molecule has 1 amide bonds. The molecular weight excluding hydrogens is 205 g/mol. The van der Waals surface area contributed by atoms with E-state index in [0.29, 0.717) is 0 Å². The van der Waals surface area contributed by atoms with Crippen LogP contribution in [0.4, 0.5) is 0 Å². The summed E-state index contributed by atoms with van der Waals surface area (Å²) in [5.74, 6) is -1.23. The molecule has 7 N–H and O–H groups in total. The van der Waals surface area contributed by atoms with E-state index in [4.69, 9.17) is 25.5 Å². The van der Waals surface area contributed by atoms with E-state index < -0.39 is 36.9 Å². The minimum absolute atomic E-state index is 0. The fraction of sp³-hybridized carbons (Fsp3) is 0.833. The zero-order valence-corrected chi connectivity index (χ0v) is 9.74. The minimum Gasteiger partial charge on any atom is -0.394 e. The molecule has 8 heteroatoms. The van der Waals surface area contributed by atoms with Crippen molar-refractivity contribution in [2.24, 2.45) is 5.73 Å². The summed E-state index contributed by atoms with van der Waals surface area (Å²) in [6, 6.07) is 0. The van der Waals surface area contributed by atoms with Gasteiger partial charge in [0, 0.05) is 29.6 Å². The Balaban J connectivity index is 0. The van der Waals surface area contributed by atoms with E-state index in [9.17, 15) is 4.79 Å². The first-order valence-corrected chi connectivity index (χ1v) is 3.54. The first-order chi connectivity index (χ1) is 5.91. The van der Waals surface area contributed by atoms with E-state index in [0.717, 1.165) is 0 Å². The molecule has 0 aliphatic rings. The molecule has 14 heavy (non-hydrogen) atoms. The van der Waals surface area contributed by atoms with E-state index in [1.54, 1.807) is 0 Å². The van der Waals surface area contributed by atoms with Gasteiger partial charge in [0.25, 0.3) is 0 Å². The van der Waals surface area contributed by atoms with Crippen molar-refractivity contribution < 1.29 is 30.3 Å². The largest absolute Gasteiger partial charge is 0.394 e. The Kier molecular flexibility index (Phi) is 9.00. The van der Waals surface area contributed by atoms with Gasteiger partial charge in [-0.15, -0.1) is 0 Å². The Labute approximate surface area is 102 Å². The van der Waals surface area contributed by atoms with Crippen LogP contribution in [0.3, 0.4) is 0 Å². The van der Waals surface area contributed by atoms with Crippen LogP contribution in [0.25, 0.3) is 0 Å². The third kappa shape index (κ3) is 4.67. The van der Waals surface area contributed by atoms with Crippen LogP contribution in [0.2, 0.25) is 0 Å². The second kappa shape index (κ2) is 7.55. The number of rotatable bonds is 5. The first-order valence-electron chi connectivity index (χ1n) is 3.54. The SMILES string of the molecule is NC(=O)[C@H](O)[C@@H](O)[C@H](O)[C@H](O)CO.[Na]. The molecule has 0 heterocycles. The number of amides is 1. The molecule has 0 aromatic rings. The first kappa shape index (κ1) is 16.7. The molecule has 7 nitrogen and oxygen atoms in total. The van der Waals surface area contributed by atoms with Crippen LogP contribution in [0.15, 0.2) is 0 Å². The summed E-state index contributed by atoms with van der Waals surface area (Å²) < 4.78 is 0. The van der Waals surface area contributed by atoms with Crippen molar-refractivity contribution in [3.05, 3.63) is 0 Å². The number of primary amides is 1. The van der Waals surface area contributed by atoms with Gasteiger partial charge in [0.2, 0.25) is 5.91 Å². The van der Waals surface area contributed by atoms with Crippen LogP contribution in [-0.2, 0) is 4.79 Å². The van der Waals surface area contributed by atoms with Gasteiger partial charge in [-0.2, -0.15) is 0 Å². The predicted molar refractivity (Wildman–Crippen MR) is 46.1 cm³/mol. The zero-order chi connectivity index (χ0) is 10.6. The fourth-order valence-electron chi connectivity index (χ4n) is 0.691. The number of aliphatic hydroxyl groups excluding tert-OH is 5. The number of hydrogen-bond acceptors (Lipinski definition) is 6. The van der Waals surface area contributed by atoms with E-state index in [1.165, 1.54) is 0 Å². The third-order valence-electron chi connectivity index (χ3n) is 1.55. The van der Waals surface area contributed by atoms with Crippen molar-refractivity contribution in [2.45, 2.75) is 24.4 Å². The smallest absolute Gasteiger partial charge is 0.249 e. The van der Waals surface area contributed by atoms with Gasteiger partial charge >= 0.3 is 0 Å². The topological polar surface area (TPSA) is 144 Å². The molecule has 0 saturated heterocycles. The Bertz CT molecular complexity index is 180. The summed E-state index contributed by atoms with van der Waals surface area (Å²) in [6.07, 6.45) is -7.35. The summed E-state index contributed by atoms with van der Waals surface area (Å²) in [4.78, 5) is 10.3. The van der Waals surface area contributed by atoms with Crippen LogP contribution in [0, 0.1) is 0 Å². The van der Waals surface area contributed by atoms with Gasteiger partial charge in [0.15, 0.2) is 6.10 Å². The normalized spacial score (nSPS) is 18.9. The molecule has 0 aromatic carbocycles. The van der Waals surface area contributed by atoms with Crippen LogP contribution < -0.4 is 5.73 Å². The number of hydrogen-bond donors (Lipinski definition) is 6. The van der Waals surface area contributed by atoms with Gasteiger partial charge in [0.1, 0.15) is 18.3 Å². The summed E-state index contributed by atoms with van der Waals surface area (Å²) in [6.45, 7) is -0.802. The maximum atomic E-state index is 10.3. The van der Waals surface area contributed by atoms with Crippen molar-refractivity contribution in [1.82, 2.24) is 0 Å². The number of carbonyl (C=O) groups is 1. The molecule has 0 rings (SSSR count). The van der Waals surface area contributed by atoms with Gasteiger partial charge in [-0.3, -0.25) is 4.79 Å². The third-order valence-corrected chi connectivity index (χ3v) is 1.55. The van der Waals surface area contributed by atoms with Crippen LogP contribution in [0.5, 0.6) is 0 Å². The van der Waals surface area contributed by atoms with Gasteiger partial charge in [0.05, 0.1) is 6.61 Å². The number of aliphatic hydroxyl groups is 5. The van der Waals surface area contributed by atoms with Gasteiger partial charge < -0.3 is 31.3 Å². The Morgan fingerprint density at radius 1 is 1.14 bits per heavy atom. The molecule has 79 valence electrons. The van der Waals surface area contributed by atoms with Crippen LogP contribution >= 0.6 is 0 Å². The summed E-state index contributed by atoms with van der Waals surface area (Å²) >= 11 is 0. The monoisotopic (exact) mass is 218 g/mol. The van der Waals surface area contributed by atoms with Crippen molar-refractivity contribution in [3.63, 3.8) is 0 Å². The molecule has 0 bridgehead atoms. The molecule has 1 radical (unpaired) electrons. The quantitative estimate of drug-likeness (QED) is 0.257. The van der Waals surface area contributed by atoms with Gasteiger partial charge in [-0.25, -0.2) is 0 Å². The maximum absolute atomic E-state index is 10.3. The molecule has 0 fully saturated rings. The molecule has 0 aliphatic heterocycles. The molecule has 4 atom stereocenters. The van der Waals surface area contributed by atoms with E-state index in [1.807, 2.05) is 0 Å². The van der Waals surface area contributed by atoms with Crippen molar-refractivity contribution in [3.8, 4) is 0 Å². The van der Waals surface area contributed by atoms with Crippen molar-refractivity contribution >= 4 is 35.5 Å². The molecular formula is C6H13NNaO6. The Morgan fingerprint density at radius 3 is 1.86 bits per heavy atom. The average Bonchev–Trinajstić information content (AvgIpc) is 2.12. The Morgan fingerprint density at radius 2 is 1.57 bits per heavy atom. The summed E-state index contributed by atoms with van der Waals surface area (Å²) in [7, 11) is 0.